The van der Waals surface area contributed by atoms with Gasteiger partial charge in [-0.15, -0.1) is 0 Å². The van der Waals surface area contributed by atoms with Gasteiger partial charge in [-0.3, -0.25) is 0 Å². The molecule has 2 fully saturated rings. The maximum atomic E-state index is 4.94. The molecule has 2 rings (SSSR count). The van der Waals surface area contributed by atoms with Gasteiger partial charge in [0.2, 0.25) is 0 Å². The topological polar surface area (TPSA) is 52.8 Å². The first kappa shape index (κ1) is 21.1. The predicted molar refractivity (Wildman–Crippen MR) is 96.1 cm³/mol. The summed E-state index contributed by atoms with van der Waals surface area (Å²) in [5.74, 6) is 0.778. The fraction of sp³-hybridized carbons (Fsp3) is 0.684. The molecule has 3 nitrogen and oxygen atoms in total. The molecule has 0 aromatic carbocycles. The number of rotatable bonds is 3. The minimum Gasteiger partial charge on any atom is -0.412 e. The van der Waals surface area contributed by atoms with Crippen LogP contribution in [0.25, 0.3) is 0 Å². The first-order chi connectivity index (χ1) is 9.71. The molecule has 1 spiro atoms. The molecular formula is C19H35NO2. The lowest BCUT2D eigenvalue weighted by Crippen LogP contribution is -2.60. The number of methoxy groups -OCH3 is 1. The van der Waals surface area contributed by atoms with E-state index >= 15 is 0 Å². The van der Waals surface area contributed by atoms with E-state index in [1.54, 1.807) is 7.11 Å². The lowest BCUT2D eigenvalue weighted by atomic mass is 9.56. The Morgan fingerprint density at radius 2 is 1.77 bits per heavy atom. The molecule has 3 heteroatoms. The minimum atomic E-state index is 0. The fourth-order valence-electron chi connectivity index (χ4n) is 2.77. The van der Waals surface area contributed by atoms with Crippen LogP contribution in [0.15, 0.2) is 36.0 Å². The highest BCUT2D eigenvalue weighted by Crippen LogP contribution is 2.51. The number of ether oxygens (including phenoxy) is 1. The van der Waals surface area contributed by atoms with Gasteiger partial charge in [0.15, 0.2) is 0 Å². The molecule has 128 valence electrons. The predicted octanol–water partition coefficient (Wildman–Crippen LogP) is 3.67. The first-order valence-corrected chi connectivity index (χ1v) is 7.97. The molecule has 0 amide bonds. The van der Waals surface area contributed by atoms with Crippen LogP contribution in [0, 0.1) is 11.3 Å². The van der Waals surface area contributed by atoms with Gasteiger partial charge >= 0.3 is 0 Å². The third-order valence-electron chi connectivity index (χ3n) is 4.21. The summed E-state index contributed by atoms with van der Waals surface area (Å²) >= 11 is 0. The Balaban J connectivity index is 0.000000546. The van der Waals surface area contributed by atoms with Crippen molar-refractivity contribution in [2.45, 2.75) is 53.1 Å². The van der Waals surface area contributed by atoms with E-state index in [9.17, 15) is 0 Å². The van der Waals surface area contributed by atoms with E-state index in [0.29, 0.717) is 5.41 Å². The molecule has 0 aromatic rings. The van der Waals surface area contributed by atoms with E-state index in [1.807, 2.05) is 20.8 Å². The third-order valence-corrected chi connectivity index (χ3v) is 4.21. The van der Waals surface area contributed by atoms with Crippen LogP contribution in [0.5, 0.6) is 0 Å². The summed E-state index contributed by atoms with van der Waals surface area (Å²) < 4.78 is 4.94. The van der Waals surface area contributed by atoms with Crippen molar-refractivity contribution in [1.82, 2.24) is 5.32 Å². The summed E-state index contributed by atoms with van der Waals surface area (Å²) in [6, 6.07) is 0. The highest BCUT2D eigenvalue weighted by atomic mass is 16.5. The fourth-order valence-corrected chi connectivity index (χ4v) is 2.77. The summed E-state index contributed by atoms with van der Waals surface area (Å²) in [5.41, 5.74) is 3.35. The Kier molecular flexibility index (Phi) is 8.30. The van der Waals surface area contributed by atoms with Crippen molar-refractivity contribution in [2.75, 3.05) is 20.2 Å². The van der Waals surface area contributed by atoms with Crippen molar-refractivity contribution in [2.24, 2.45) is 11.3 Å². The second kappa shape index (κ2) is 8.66. The number of allylic oxidation sites excluding steroid dienone is 5. The molecular weight excluding hydrogens is 274 g/mol. The van der Waals surface area contributed by atoms with Crippen molar-refractivity contribution >= 4 is 0 Å². The van der Waals surface area contributed by atoms with E-state index in [2.05, 4.69) is 44.0 Å². The Labute approximate surface area is 136 Å². The quantitative estimate of drug-likeness (QED) is 0.809. The number of hydrogen-bond acceptors (Lipinski definition) is 2. The van der Waals surface area contributed by atoms with Gasteiger partial charge in [-0.25, -0.2) is 0 Å². The lowest BCUT2D eigenvalue weighted by Gasteiger charge is -2.55. The SMILES string of the molecule is C=C(C)/C=C(\C=C/C)C1CC2(CNC2)C1.COC(C)(C)C.O. The van der Waals surface area contributed by atoms with Crippen LogP contribution in [0.2, 0.25) is 0 Å². The molecule has 2 aliphatic rings. The molecule has 1 aliphatic heterocycles. The first-order valence-electron chi connectivity index (χ1n) is 7.97. The molecule has 3 N–H and O–H groups in total. The summed E-state index contributed by atoms with van der Waals surface area (Å²) in [5, 5.41) is 3.38. The molecule has 1 heterocycles. The zero-order valence-electron chi connectivity index (χ0n) is 15.3. The maximum Gasteiger partial charge on any atom is 0.0594 e. The average Bonchev–Trinajstić information content (AvgIpc) is 2.24. The van der Waals surface area contributed by atoms with Gasteiger partial charge in [-0.05, 0) is 64.4 Å². The van der Waals surface area contributed by atoms with Crippen molar-refractivity contribution in [3.05, 3.63) is 36.0 Å². The van der Waals surface area contributed by atoms with E-state index < -0.39 is 0 Å². The molecule has 0 aromatic heterocycles. The van der Waals surface area contributed by atoms with Gasteiger partial charge in [-0.1, -0.05) is 30.4 Å². The highest BCUT2D eigenvalue weighted by molar-refractivity contribution is 5.32. The second-order valence-electron chi connectivity index (χ2n) is 7.52. The minimum absolute atomic E-state index is 0. The normalized spacial score (nSPS) is 20.5. The Morgan fingerprint density at radius 1 is 1.27 bits per heavy atom. The largest absolute Gasteiger partial charge is 0.412 e. The monoisotopic (exact) mass is 309 g/mol. The van der Waals surface area contributed by atoms with Crippen molar-refractivity contribution in [3.8, 4) is 0 Å². The average molecular weight is 309 g/mol. The zero-order chi connectivity index (χ0) is 16.1. The van der Waals surface area contributed by atoms with Crippen LogP contribution >= 0.6 is 0 Å². The molecule has 0 atom stereocenters. The molecule has 22 heavy (non-hydrogen) atoms. The summed E-state index contributed by atoms with van der Waals surface area (Å²) in [6.07, 6.45) is 9.35. The van der Waals surface area contributed by atoms with E-state index in [4.69, 9.17) is 4.74 Å². The molecule has 1 aliphatic carbocycles. The van der Waals surface area contributed by atoms with Gasteiger partial charge < -0.3 is 15.5 Å². The van der Waals surface area contributed by atoms with Gasteiger partial charge in [0.1, 0.15) is 0 Å². The summed E-state index contributed by atoms with van der Waals surface area (Å²) in [4.78, 5) is 0. The van der Waals surface area contributed by atoms with Crippen LogP contribution < -0.4 is 5.32 Å². The van der Waals surface area contributed by atoms with Crippen LogP contribution in [0.3, 0.4) is 0 Å². The molecule has 1 saturated heterocycles. The Hall–Kier alpha value is -0.900. The third kappa shape index (κ3) is 6.47. The molecule has 0 bridgehead atoms. The molecule has 0 radical (unpaired) electrons. The maximum absolute atomic E-state index is 4.94. The van der Waals surface area contributed by atoms with E-state index in [1.165, 1.54) is 31.5 Å². The highest BCUT2D eigenvalue weighted by Gasteiger charge is 2.48. The van der Waals surface area contributed by atoms with Gasteiger partial charge in [0.05, 0.1) is 5.60 Å². The summed E-state index contributed by atoms with van der Waals surface area (Å²) in [6.45, 7) is 16.7. The van der Waals surface area contributed by atoms with Crippen molar-refractivity contribution < 1.29 is 10.2 Å². The zero-order valence-corrected chi connectivity index (χ0v) is 15.3. The standard InChI is InChI=1S/C14H21N.C5H12O.H2O/c1-4-5-12(6-11(2)3)13-7-14(8-13)9-15-10-14;1-5(2,3)6-4;/h4-6,13,15H,2,7-10H2,1,3H3;1-4H3;1H2/b5-4-,12-6+;;. The lowest BCUT2D eigenvalue weighted by molar-refractivity contribution is 0.0188. The van der Waals surface area contributed by atoms with E-state index in [0.717, 1.165) is 11.5 Å². The van der Waals surface area contributed by atoms with Crippen LogP contribution in [0.4, 0.5) is 0 Å². The van der Waals surface area contributed by atoms with Gasteiger partial charge in [0, 0.05) is 20.2 Å². The van der Waals surface area contributed by atoms with Gasteiger partial charge in [-0.2, -0.15) is 0 Å². The van der Waals surface area contributed by atoms with Crippen molar-refractivity contribution in [1.29, 1.82) is 0 Å². The second-order valence-corrected chi connectivity index (χ2v) is 7.52. The van der Waals surface area contributed by atoms with Crippen LogP contribution in [-0.4, -0.2) is 31.3 Å². The van der Waals surface area contributed by atoms with E-state index in [-0.39, 0.29) is 11.1 Å². The van der Waals surface area contributed by atoms with Crippen molar-refractivity contribution in [3.63, 3.8) is 0 Å². The summed E-state index contributed by atoms with van der Waals surface area (Å²) in [7, 11) is 1.71. The van der Waals surface area contributed by atoms with Crippen LogP contribution in [-0.2, 0) is 4.74 Å². The molecule has 1 saturated carbocycles. The number of hydrogen-bond donors (Lipinski definition) is 1. The van der Waals surface area contributed by atoms with Crippen LogP contribution in [0.1, 0.15) is 47.5 Å². The smallest absolute Gasteiger partial charge is 0.0594 e. The molecule has 0 unspecified atom stereocenters. The Morgan fingerprint density at radius 3 is 2.05 bits per heavy atom. The Bertz CT molecular complexity index is 404. The van der Waals surface area contributed by atoms with Gasteiger partial charge in [0.25, 0.3) is 0 Å². The number of nitrogens with one attached hydrogen (secondary N) is 1.